The van der Waals surface area contributed by atoms with Gasteiger partial charge in [-0.1, -0.05) is 31.8 Å². The van der Waals surface area contributed by atoms with Crippen molar-refractivity contribution in [1.29, 1.82) is 0 Å². The first-order valence-electron chi connectivity index (χ1n) is 12.3. The van der Waals surface area contributed by atoms with E-state index in [0.717, 1.165) is 6.04 Å². The lowest BCUT2D eigenvalue weighted by molar-refractivity contribution is 0.0490. The molecule has 0 saturated carbocycles. The maximum atomic E-state index is 14.9. The summed E-state index contributed by atoms with van der Waals surface area (Å²) in [5.74, 6) is 0.105. The van der Waals surface area contributed by atoms with Crippen molar-refractivity contribution in [2.24, 2.45) is 0 Å². The maximum Gasteiger partial charge on any atom is 0.407 e. The minimum atomic E-state index is -1.26. The van der Waals surface area contributed by atoms with E-state index in [4.69, 9.17) is 14.2 Å². The van der Waals surface area contributed by atoms with Crippen LogP contribution < -0.4 is 10.1 Å². The quantitative estimate of drug-likeness (QED) is 0.257. The zero-order valence-corrected chi connectivity index (χ0v) is 23.7. The Balaban J connectivity index is 1.91. The number of hydrogen-bond acceptors (Lipinski definition) is 6. The van der Waals surface area contributed by atoms with Crippen LogP contribution in [0, 0.1) is 5.82 Å². The number of amides is 1. The molecule has 1 amide bonds. The standard InChI is InChI=1S/C27H38FN3O5Si/c1-27(2,3)36-26(33)29-15-22(32)21-11-12-23(34-4)24(30-21)19-16-31(17-35-13-14-37(5,6)7)25-18(19)9-8-10-20(25)28/h8-12,16,22,32H,13-15,17H2,1-7H3,(H,29,33). The summed E-state index contributed by atoms with van der Waals surface area (Å²) in [5, 5.41) is 13.9. The van der Waals surface area contributed by atoms with E-state index in [9.17, 15) is 14.3 Å². The van der Waals surface area contributed by atoms with Gasteiger partial charge in [-0.2, -0.15) is 0 Å². The summed E-state index contributed by atoms with van der Waals surface area (Å²) < 4.78 is 33.4. The maximum absolute atomic E-state index is 14.9. The third-order valence-electron chi connectivity index (χ3n) is 5.61. The van der Waals surface area contributed by atoms with Crippen LogP contribution >= 0.6 is 0 Å². The number of aromatic nitrogens is 2. The fourth-order valence-corrected chi connectivity index (χ4v) is 4.51. The van der Waals surface area contributed by atoms with Crippen LogP contribution in [0.4, 0.5) is 9.18 Å². The van der Waals surface area contributed by atoms with Gasteiger partial charge in [-0.3, -0.25) is 0 Å². The molecule has 1 unspecified atom stereocenters. The highest BCUT2D eigenvalue weighted by atomic mass is 28.3. The van der Waals surface area contributed by atoms with E-state index < -0.39 is 25.9 Å². The number of pyridine rings is 1. The number of alkyl carbamates (subject to hydrolysis) is 1. The predicted molar refractivity (Wildman–Crippen MR) is 145 cm³/mol. The van der Waals surface area contributed by atoms with Gasteiger partial charge in [0.05, 0.1) is 24.9 Å². The van der Waals surface area contributed by atoms with E-state index in [0.29, 0.717) is 40.2 Å². The highest BCUT2D eigenvalue weighted by molar-refractivity contribution is 6.76. The average molecular weight is 532 g/mol. The summed E-state index contributed by atoms with van der Waals surface area (Å²) in [5.41, 5.74) is 1.19. The number of ether oxygens (including phenoxy) is 3. The monoisotopic (exact) mass is 531 g/mol. The number of carbonyl (C=O) groups is 1. The number of aliphatic hydroxyl groups excluding tert-OH is 1. The second-order valence-corrected chi connectivity index (χ2v) is 16.8. The Morgan fingerprint density at radius 2 is 1.95 bits per heavy atom. The van der Waals surface area contributed by atoms with Crippen LogP contribution in [0.15, 0.2) is 36.5 Å². The lowest BCUT2D eigenvalue weighted by atomic mass is 10.1. The molecule has 0 radical (unpaired) electrons. The fraction of sp³-hybridized carbons (Fsp3) is 0.481. The first-order valence-corrected chi connectivity index (χ1v) is 16.0. The van der Waals surface area contributed by atoms with Crippen LogP contribution in [0.1, 0.15) is 32.6 Å². The summed E-state index contributed by atoms with van der Waals surface area (Å²) in [6.45, 7) is 12.8. The molecule has 1 aromatic carbocycles. The molecule has 3 rings (SSSR count). The highest BCUT2D eigenvalue weighted by Crippen LogP contribution is 2.37. The third-order valence-corrected chi connectivity index (χ3v) is 7.31. The van der Waals surface area contributed by atoms with Gasteiger partial charge in [0.2, 0.25) is 0 Å². The normalized spacial score (nSPS) is 13.0. The van der Waals surface area contributed by atoms with Crippen LogP contribution in [-0.2, 0) is 16.2 Å². The van der Waals surface area contributed by atoms with Gasteiger partial charge in [0.1, 0.15) is 35.7 Å². The van der Waals surface area contributed by atoms with Crippen molar-refractivity contribution in [3.05, 3.63) is 48.0 Å². The van der Waals surface area contributed by atoms with E-state index >= 15 is 0 Å². The molecule has 0 bridgehead atoms. The largest absolute Gasteiger partial charge is 0.494 e. The number of hydrogen-bond donors (Lipinski definition) is 2. The summed E-state index contributed by atoms with van der Waals surface area (Å²) in [6.07, 6.45) is 0.0718. The molecule has 2 N–H and O–H groups in total. The molecule has 0 fully saturated rings. The van der Waals surface area contributed by atoms with Gasteiger partial charge in [-0.05, 0) is 45.0 Å². The van der Waals surface area contributed by atoms with Crippen molar-refractivity contribution >= 4 is 25.1 Å². The van der Waals surface area contributed by atoms with E-state index in [1.807, 2.05) is 6.07 Å². The number of methoxy groups -OCH3 is 1. The molecule has 0 saturated heterocycles. The minimum Gasteiger partial charge on any atom is -0.494 e. The van der Waals surface area contributed by atoms with Crippen LogP contribution in [-0.4, -0.2) is 54.7 Å². The molecule has 0 aliphatic heterocycles. The van der Waals surface area contributed by atoms with E-state index in [1.54, 1.807) is 49.7 Å². The topological polar surface area (TPSA) is 94.8 Å². The van der Waals surface area contributed by atoms with Gasteiger partial charge >= 0.3 is 6.09 Å². The Morgan fingerprint density at radius 3 is 2.59 bits per heavy atom. The van der Waals surface area contributed by atoms with Crippen molar-refractivity contribution in [3.8, 4) is 17.0 Å². The summed E-state index contributed by atoms with van der Waals surface area (Å²) in [4.78, 5) is 16.6. The summed E-state index contributed by atoms with van der Waals surface area (Å²) in [6, 6.07) is 9.21. The predicted octanol–water partition coefficient (Wildman–Crippen LogP) is 5.72. The summed E-state index contributed by atoms with van der Waals surface area (Å²) >= 11 is 0. The van der Waals surface area contributed by atoms with Crippen LogP contribution in [0.5, 0.6) is 5.75 Å². The number of nitrogens with zero attached hydrogens (tertiary/aromatic N) is 2. The number of aliphatic hydroxyl groups is 1. The number of nitrogens with one attached hydrogen (secondary N) is 1. The Hall–Kier alpha value is -2.95. The van der Waals surface area contributed by atoms with Gasteiger partial charge in [0.25, 0.3) is 0 Å². The second-order valence-electron chi connectivity index (χ2n) is 11.2. The lowest BCUT2D eigenvalue weighted by Gasteiger charge is -2.20. The van der Waals surface area contributed by atoms with E-state index in [-0.39, 0.29) is 19.1 Å². The lowest BCUT2D eigenvalue weighted by Crippen LogP contribution is -2.35. The zero-order valence-electron chi connectivity index (χ0n) is 22.7. The minimum absolute atomic E-state index is 0.0883. The summed E-state index contributed by atoms with van der Waals surface area (Å²) in [7, 11) is 0.272. The molecule has 8 nitrogen and oxygen atoms in total. The molecular formula is C27H38FN3O5Si. The number of carbonyl (C=O) groups excluding carboxylic acids is 1. The molecule has 0 aliphatic carbocycles. The first kappa shape index (κ1) is 28.6. The van der Waals surface area contributed by atoms with Gasteiger partial charge in [-0.25, -0.2) is 14.2 Å². The Morgan fingerprint density at radius 1 is 1.22 bits per heavy atom. The second kappa shape index (κ2) is 11.6. The van der Waals surface area contributed by atoms with E-state index in [1.165, 1.54) is 13.2 Å². The Bertz CT molecular complexity index is 1230. The molecule has 10 heteroatoms. The van der Waals surface area contributed by atoms with Crippen molar-refractivity contribution in [1.82, 2.24) is 14.9 Å². The molecular weight excluding hydrogens is 493 g/mol. The van der Waals surface area contributed by atoms with E-state index in [2.05, 4.69) is 29.9 Å². The number of rotatable bonds is 10. The average Bonchev–Trinajstić information content (AvgIpc) is 3.18. The van der Waals surface area contributed by atoms with Gasteiger partial charge < -0.3 is 29.2 Å². The number of para-hydroxylation sites is 1. The molecule has 3 aromatic rings. The van der Waals surface area contributed by atoms with Crippen molar-refractivity contribution in [2.45, 2.75) is 64.9 Å². The number of benzene rings is 1. The van der Waals surface area contributed by atoms with Crippen molar-refractivity contribution in [2.75, 3.05) is 20.3 Å². The first-order chi connectivity index (χ1) is 17.3. The Labute approximate surface area is 218 Å². The number of halogens is 1. The van der Waals surface area contributed by atoms with Gasteiger partial charge in [0, 0.05) is 31.8 Å². The van der Waals surface area contributed by atoms with Crippen LogP contribution in [0.3, 0.4) is 0 Å². The molecule has 0 spiro atoms. The third kappa shape index (κ3) is 7.77. The number of fused-ring (bicyclic) bond motifs is 1. The van der Waals surface area contributed by atoms with Crippen molar-refractivity contribution < 1.29 is 28.5 Å². The molecule has 2 aromatic heterocycles. The molecule has 37 heavy (non-hydrogen) atoms. The molecule has 1 atom stereocenters. The van der Waals surface area contributed by atoms with Crippen LogP contribution in [0.25, 0.3) is 22.2 Å². The molecule has 0 aliphatic rings. The highest BCUT2D eigenvalue weighted by Gasteiger charge is 2.22. The SMILES string of the molecule is COc1ccc(C(O)CNC(=O)OC(C)(C)C)nc1-c1cn(COCC[Si](C)(C)C)c2c(F)cccc12. The fourth-order valence-electron chi connectivity index (χ4n) is 3.75. The molecule has 2 heterocycles. The van der Waals surface area contributed by atoms with Crippen molar-refractivity contribution in [3.63, 3.8) is 0 Å². The molecule has 202 valence electrons. The smallest absolute Gasteiger partial charge is 0.407 e. The zero-order chi connectivity index (χ0) is 27.4. The van der Waals surface area contributed by atoms with Gasteiger partial charge in [-0.15, -0.1) is 0 Å². The van der Waals surface area contributed by atoms with Crippen LogP contribution in [0.2, 0.25) is 25.7 Å². The Kier molecular flexibility index (Phi) is 8.99. The van der Waals surface area contributed by atoms with Gasteiger partial charge in [0.15, 0.2) is 0 Å².